The van der Waals surface area contributed by atoms with Crippen LogP contribution in [0.2, 0.25) is 10.0 Å². The molecule has 3 rings (SSSR count). The Kier molecular flexibility index (Phi) is 5.48. The lowest BCUT2D eigenvalue weighted by Gasteiger charge is -2.04. The van der Waals surface area contributed by atoms with E-state index in [1.807, 2.05) is 5.38 Å². The summed E-state index contributed by atoms with van der Waals surface area (Å²) in [6.07, 6.45) is 1.69. The highest BCUT2D eigenvalue weighted by Crippen LogP contribution is 2.33. The van der Waals surface area contributed by atoms with Crippen LogP contribution < -0.4 is 4.74 Å². The molecule has 0 aliphatic rings. The first-order valence-corrected chi connectivity index (χ1v) is 9.05. The van der Waals surface area contributed by atoms with E-state index in [0.29, 0.717) is 32.1 Å². The third-order valence-corrected chi connectivity index (χ3v) is 5.00. The van der Waals surface area contributed by atoms with Gasteiger partial charge in [-0.1, -0.05) is 29.3 Å². The number of rotatable bonds is 4. The van der Waals surface area contributed by atoms with Gasteiger partial charge in [0.2, 0.25) is 0 Å². The smallest absolute Gasteiger partial charge is 0.161 e. The van der Waals surface area contributed by atoms with Gasteiger partial charge in [0.25, 0.3) is 0 Å². The second-order valence-corrected chi connectivity index (χ2v) is 6.96. The number of ether oxygens (including phenoxy) is 1. The minimum Gasteiger partial charge on any atom is -0.504 e. The molecule has 0 atom stereocenters. The van der Waals surface area contributed by atoms with Crippen LogP contribution in [0.15, 0.2) is 41.8 Å². The van der Waals surface area contributed by atoms with Crippen molar-refractivity contribution < 1.29 is 9.84 Å². The zero-order valence-corrected chi connectivity index (χ0v) is 15.9. The lowest BCUT2D eigenvalue weighted by molar-refractivity contribution is 0.373. The molecular formula is C19H12Cl2N2O2S. The molecule has 1 heterocycles. The zero-order valence-electron chi connectivity index (χ0n) is 13.5. The largest absolute Gasteiger partial charge is 0.504 e. The third-order valence-electron chi connectivity index (χ3n) is 3.58. The molecule has 0 saturated heterocycles. The summed E-state index contributed by atoms with van der Waals surface area (Å²) < 4.78 is 5.09. The first-order valence-electron chi connectivity index (χ1n) is 7.42. The highest BCUT2D eigenvalue weighted by atomic mass is 35.5. The van der Waals surface area contributed by atoms with Gasteiger partial charge in [-0.15, -0.1) is 11.3 Å². The number of benzene rings is 2. The number of aromatic nitrogens is 1. The molecule has 3 aromatic rings. The molecule has 0 spiro atoms. The van der Waals surface area contributed by atoms with Crippen LogP contribution in [0.3, 0.4) is 0 Å². The van der Waals surface area contributed by atoms with Crippen molar-refractivity contribution in [2.24, 2.45) is 0 Å². The van der Waals surface area contributed by atoms with Crippen molar-refractivity contribution in [3.05, 3.63) is 62.4 Å². The molecule has 0 saturated carbocycles. The van der Waals surface area contributed by atoms with Crippen molar-refractivity contribution in [3.8, 4) is 28.8 Å². The lowest BCUT2D eigenvalue weighted by Crippen LogP contribution is -1.86. The van der Waals surface area contributed by atoms with Crippen LogP contribution in [0.4, 0.5) is 0 Å². The molecule has 0 bridgehead atoms. The van der Waals surface area contributed by atoms with E-state index in [1.165, 1.54) is 24.5 Å². The Morgan fingerprint density at radius 3 is 2.77 bits per heavy atom. The maximum Gasteiger partial charge on any atom is 0.161 e. The van der Waals surface area contributed by atoms with Crippen LogP contribution in [0.5, 0.6) is 11.5 Å². The maximum absolute atomic E-state index is 9.68. The van der Waals surface area contributed by atoms with E-state index in [1.54, 1.807) is 36.4 Å². The number of phenolic OH excluding ortho intramolecular Hbond substituents is 1. The molecule has 0 radical (unpaired) electrons. The standard InChI is InChI=1S/C19H12Cl2N2O2S/c1-25-18-7-11(2-5-17(18)24)6-12(9-22)19-23-16(10-26-19)14-4-3-13(20)8-15(14)21/h2-8,10,24H,1H3/b12-6+. The average Bonchev–Trinajstić information content (AvgIpc) is 3.10. The molecule has 0 amide bonds. The highest BCUT2D eigenvalue weighted by Gasteiger charge is 2.12. The zero-order chi connectivity index (χ0) is 18.7. The highest BCUT2D eigenvalue weighted by molar-refractivity contribution is 7.11. The summed E-state index contributed by atoms with van der Waals surface area (Å²) in [5.41, 5.74) is 2.55. The van der Waals surface area contributed by atoms with Gasteiger partial charge >= 0.3 is 0 Å². The summed E-state index contributed by atoms with van der Waals surface area (Å²) >= 11 is 13.5. The summed E-state index contributed by atoms with van der Waals surface area (Å²) in [6, 6.07) is 12.2. The molecule has 4 nitrogen and oxygen atoms in total. The van der Waals surface area contributed by atoms with Crippen LogP contribution >= 0.6 is 34.5 Å². The summed E-state index contributed by atoms with van der Waals surface area (Å²) in [7, 11) is 1.47. The Balaban J connectivity index is 1.97. The minimum absolute atomic E-state index is 0.0390. The Labute approximate surface area is 164 Å². The van der Waals surface area contributed by atoms with E-state index in [-0.39, 0.29) is 5.75 Å². The predicted molar refractivity (Wildman–Crippen MR) is 106 cm³/mol. The second-order valence-electron chi connectivity index (χ2n) is 5.26. The number of allylic oxidation sites excluding steroid dienone is 1. The van der Waals surface area contributed by atoms with E-state index in [9.17, 15) is 10.4 Å². The number of nitrogens with zero attached hydrogens (tertiary/aromatic N) is 2. The normalized spacial score (nSPS) is 11.2. The average molecular weight is 403 g/mol. The monoisotopic (exact) mass is 402 g/mol. The van der Waals surface area contributed by atoms with Crippen molar-refractivity contribution in [1.82, 2.24) is 4.98 Å². The van der Waals surface area contributed by atoms with Gasteiger partial charge in [0, 0.05) is 16.0 Å². The van der Waals surface area contributed by atoms with E-state index in [0.717, 1.165) is 11.1 Å². The fraction of sp³-hybridized carbons (Fsp3) is 0.0526. The Morgan fingerprint density at radius 1 is 1.27 bits per heavy atom. The summed E-state index contributed by atoms with van der Waals surface area (Å²) in [6.45, 7) is 0. The van der Waals surface area contributed by atoms with Crippen LogP contribution in [-0.4, -0.2) is 17.2 Å². The van der Waals surface area contributed by atoms with Gasteiger partial charge < -0.3 is 9.84 Å². The lowest BCUT2D eigenvalue weighted by atomic mass is 10.1. The van der Waals surface area contributed by atoms with E-state index in [2.05, 4.69) is 11.1 Å². The maximum atomic E-state index is 9.68. The molecule has 0 aliphatic carbocycles. The van der Waals surface area contributed by atoms with E-state index in [4.69, 9.17) is 27.9 Å². The number of thiazole rings is 1. The molecule has 1 aromatic heterocycles. The van der Waals surface area contributed by atoms with Crippen molar-refractivity contribution in [2.75, 3.05) is 7.11 Å². The van der Waals surface area contributed by atoms with Gasteiger partial charge in [-0.3, -0.25) is 0 Å². The van der Waals surface area contributed by atoms with Gasteiger partial charge in [-0.2, -0.15) is 5.26 Å². The third kappa shape index (κ3) is 3.83. The van der Waals surface area contributed by atoms with Crippen LogP contribution in [0.1, 0.15) is 10.6 Å². The Hall–Kier alpha value is -2.52. The summed E-state index contributed by atoms with van der Waals surface area (Å²) in [5.74, 6) is 0.376. The molecule has 26 heavy (non-hydrogen) atoms. The van der Waals surface area contributed by atoms with Crippen molar-refractivity contribution in [2.45, 2.75) is 0 Å². The first-order chi connectivity index (χ1) is 12.5. The summed E-state index contributed by atoms with van der Waals surface area (Å²) in [4.78, 5) is 4.52. The molecule has 2 aromatic carbocycles. The van der Waals surface area contributed by atoms with Crippen LogP contribution in [0.25, 0.3) is 22.9 Å². The molecule has 0 unspecified atom stereocenters. The topological polar surface area (TPSA) is 66.1 Å². The molecule has 0 aliphatic heterocycles. The van der Waals surface area contributed by atoms with Crippen LogP contribution in [0, 0.1) is 11.3 Å². The van der Waals surface area contributed by atoms with Crippen molar-refractivity contribution in [1.29, 1.82) is 5.26 Å². The fourth-order valence-electron chi connectivity index (χ4n) is 2.31. The number of aromatic hydroxyl groups is 1. The quantitative estimate of drug-likeness (QED) is 0.551. The minimum atomic E-state index is 0.0390. The number of nitriles is 1. The van der Waals surface area contributed by atoms with Gasteiger partial charge in [-0.05, 0) is 42.0 Å². The summed E-state index contributed by atoms with van der Waals surface area (Å²) in [5, 5.41) is 22.7. The number of halogens is 2. The molecule has 0 fully saturated rings. The molecular weight excluding hydrogens is 391 g/mol. The van der Waals surface area contributed by atoms with Gasteiger partial charge in [0.1, 0.15) is 11.1 Å². The second kappa shape index (κ2) is 7.79. The predicted octanol–water partition coefficient (Wildman–Crippen LogP) is 5.90. The number of methoxy groups -OCH3 is 1. The Morgan fingerprint density at radius 2 is 2.08 bits per heavy atom. The number of phenols is 1. The number of hydrogen-bond donors (Lipinski definition) is 1. The molecule has 7 heteroatoms. The SMILES string of the molecule is COc1cc(/C=C(\C#N)c2nc(-c3ccc(Cl)cc3Cl)cs2)ccc1O. The van der Waals surface area contributed by atoms with Crippen molar-refractivity contribution in [3.63, 3.8) is 0 Å². The fourth-order valence-corrected chi connectivity index (χ4v) is 3.60. The van der Waals surface area contributed by atoms with Gasteiger partial charge in [0.05, 0.1) is 23.4 Å². The van der Waals surface area contributed by atoms with E-state index < -0.39 is 0 Å². The first kappa shape index (κ1) is 18.3. The van der Waals surface area contributed by atoms with Crippen LogP contribution in [-0.2, 0) is 0 Å². The van der Waals surface area contributed by atoms with Crippen molar-refractivity contribution >= 4 is 46.2 Å². The number of hydrogen-bond acceptors (Lipinski definition) is 5. The molecule has 1 N–H and O–H groups in total. The van der Waals surface area contributed by atoms with E-state index >= 15 is 0 Å². The Bertz CT molecular complexity index is 1040. The molecule has 130 valence electrons. The van der Waals surface area contributed by atoms with Gasteiger partial charge in [0.15, 0.2) is 11.5 Å². The van der Waals surface area contributed by atoms with Gasteiger partial charge in [-0.25, -0.2) is 4.98 Å².